The van der Waals surface area contributed by atoms with Crippen molar-refractivity contribution in [1.29, 1.82) is 0 Å². The van der Waals surface area contributed by atoms with E-state index in [2.05, 4.69) is 4.98 Å². The van der Waals surface area contributed by atoms with E-state index in [1.165, 1.54) is 0 Å². The van der Waals surface area contributed by atoms with Crippen LogP contribution in [-0.2, 0) is 9.53 Å². The largest absolute Gasteiger partial charge is 0.372 e. The van der Waals surface area contributed by atoms with Gasteiger partial charge in [0.25, 0.3) is 5.91 Å². The Hall–Kier alpha value is -1.95. The SMILES string of the molecule is CCOCC(=O)N1CCCN(C(=O)c2cccnc2C)CC1. The Morgan fingerprint density at radius 1 is 1.23 bits per heavy atom. The maximum Gasteiger partial charge on any atom is 0.255 e. The predicted octanol–water partition coefficient (Wildman–Crippen LogP) is 1.10. The number of aromatic nitrogens is 1. The van der Waals surface area contributed by atoms with Gasteiger partial charge in [0.2, 0.25) is 5.91 Å². The Labute approximate surface area is 131 Å². The fourth-order valence-corrected chi connectivity index (χ4v) is 2.53. The van der Waals surface area contributed by atoms with Gasteiger partial charge in [0.05, 0.1) is 5.56 Å². The van der Waals surface area contributed by atoms with Crippen molar-refractivity contribution in [3.8, 4) is 0 Å². The van der Waals surface area contributed by atoms with Crippen molar-refractivity contribution >= 4 is 11.8 Å². The zero-order chi connectivity index (χ0) is 15.9. The minimum atomic E-state index is -0.00953. The lowest BCUT2D eigenvalue weighted by Gasteiger charge is -2.22. The summed E-state index contributed by atoms with van der Waals surface area (Å²) in [5.74, 6) is -0.0154. The number of nitrogens with zero attached hydrogens (tertiary/aromatic N) is 3. The third-order valence-electron chi connectivity index (χ3n) is 3.80. The van der Waals surface area contributed by atoms with Crippen LogP contribution in [0.1, 0.15) is 29.4 Å². The Bertz CT molecular complexity index is 533. The van der Waals surface area contributed by atoms with E-state index in [1.54, 1.807) is 28.1 Å². The molecule has 6 nitrogen and oxygen atoms in total. The first kappa shape index (κ1) is 16.4. The third-order valence-corrected chi connectivity index (χ3v) is 3.80. The number of ether oxygens (including phenoxy) is 1. The summed E-state index contributed by atoms with van der Waals surface area (Å²) in [5.41, 5.74) is 1.37. The molecule has 0 spiro atoms. The van der Waals surface area contributed by atoms with Gasteiger partial charge in [0.1, 0.15) is 6.61 Å². The normalized spacial score (nSPS) is 15.5. The van der Waals surface area contributed by atoms with Gasteiger partial charge in [-0.3, -0.25) is 14.6 Å². The molecule has 22 heavy (non-hydrogen) atoms. The number of rotatable bonds is 4. The van der Waals surface area contributed by atoms with Gasteiger partial charge in [-0.15, -0.1) is 0 Å². The van der Waals surface area contributed by atoms with Crippen LogP contribution in [0, 0.1) is 6.92 Å². The highest BCUT2D eigenvalue weighted by molar-refractivity contribution is 5.95. The molecule has 1 saturated heterocycles. The second kappa shape index (κ2) is 7.89. The molecule has 1 aliphatic heterocycles. The molecule has 0 aliphatic carbocycles. The Kier molecular flexibility index (Phi) is 5.89. The Morgan fingerprint density at radius 2 is 1.95 bits per heavy atom. The molecule has 2 amide bonds. The van der Waals surface area contributed by atoms with E-state index >= 15 is 0 Å². The summed E-state index contributed by atoms with van der Waals surface area (Å²) in [6.45, 7) is 6.78. The van der Waals surface area contributed by atoms with E-state index in [4.69, 9.17) is 4.74 Å². The van der Waals surface area contributed by atoms with Crippen molar-refractivity contribution < 1.29 is 14.3 Å². The first-order valence-corrected chi connectivity index (χ1v) is 7.70. The summed E-state index contributed by atoms with van der Waals surface area (Å²) in [5, 5.41) is 0. The van der Waals surface area contributed by atoms with Crippen LogP contribution in [0.4, 0.5) is 0 Å². The van der Waals surface area contributed by atoms with Crippen LogP contribution in [0.3, 0.4) is 0 Å². The van der Waals surface area contributed by atoms with Crippen molar-refractivity contribution in [1.82, 2.24) is 14.8 Å². The number of hydrogen-bond acceptors (Lipinski definition) is 4. The molecule has 0 N–H and O–H groups in total. The number of aryl methyl sites for hydroxylation is 1. The molecule has 1 aliphatic rings. The van der Waals surface area contributed by atoms with Gasteiger partial charge in [-0.2, -0.15) is 0 Å². The maximum atomic E-state index is 12.6. The molecule has 0 saturated carbocycles. The first-order valence-electron chi connectivity index (χ1n) is 7.70. The number of pyridine rings is 1. The first-order chi connectivity index (χ1) is 10.6. The number of hydrogen-bond donors (Lipinski definition) is 0. The van der Waals surface area contributed by atoms with Gasteiger partial charge in [-0.1, -0.05) is 0 Å². The fraction of sp³-hybridized carbons (Fsp3) is 0.562. The number of carbonyl (C=O) groups excluding carboxylic acids is 2. The number of carbonyl (C=O) groups is 2. The second-order valence-electron chi connectivity index (χ2n) is 5.30. The molecule has 1 fully saturated rings. The van der Waals surface area contributed by atoms with E-state index in [0.717, 1.165) is 12.1 Å². The molecular formula is C16H23N3O3. The van der Waals surface area contributed by atoms with Gasteiger partial charge >= 0.3 is 0 Å². The van der Waals surface area contributed by atoms with E-state index in [9.17, 15) is 9.59 Å². The molecule has 0 unspecified atom stereocenters. The fourth-order valence-electron chi connectivity index (χ4n) is 2.53. The highest BCUT2D eigenvalue weighted by Gasteiger charge is 2.23. The van der Waals surface area contributed by atoms with Crippen LogP contribution in [0.15, 0.2) is 18.3 Å². The Morgan fingerprint density at radius 3 is 2.68 bits per heavy atom. The highest BCUT2D eigenvalue weighted by Crippen LogP contribution is 2.11. The van der Waals surface area contributed by atoms with Crippen LogP contribution in [0.2, 0.25) is 0 Å². The lowest BCUT2D eigenvalue weighted by atomic mass is 10.2. The standard InChI is InChI=1S/C16H23N3O3/c1-3-22-12-15(20)18-8-5-9-19(11-10-18)16(21)14-6-4-7-17-13(14)2/h4,6-7H,3,5,8-12H2,1-2H3. The monoisotopic (exact) mass is 305 g/mol. The quantitative estimate of drug-likeness (QED) is 0.836. The van der Waals surface area contributed by atoms with Crippen molar-refractivity contribution in [3.05, 3.63) is 29.6 Å². The molecule has 0 radical (unpaired) electrons. The summed E-state index contributed by atoms with van der Waals surface area (Å²) < 4.78 is 5.17. The van der Waals surface area contributed by atoms with E-state index in [1.807, 2.05) is 13.8 Å². The van der Waals surface area contributed by atoms with Crippen LogP contribution in [0.5, 0.6) is 0 Å². The number of amides is 2. The van der Waals surface area contributed by atoms with E-state index in [0.29, 0.717) is 38.3 Å². The van der Waals surface area contributed by atoms with Crippen molar-refractivity contribution in [2.45, 2.75) is 20.3 Å². The summed E-state index contributed by atoms with van der Waals surface area (Å²) in [6, 6.07) is 3.57. The molecular weight excluding hydrogens is 282 g/mol. The van der Waals surface area contributed by atoms with Crippen molar-refractivity contribution in [3.63, 3.8) is 0 Å². The average Bonchev–Trinajstić information content (AvgIpc) is 2.78. The zero-order valence-corrected chi connectivity index (χ0v) is 13.2. The van der Waals surface area contributed by atoms with Gasteiger partial charge in [-0.05, 0) is 32.4 Å². The molecule has 0 atom stereocenters. The van der Waals surface area contributed by atoms with Crippen LogP contribution in [0.25, 0.3) is 0 Å². The minimum Gasteiger partial charge on any atom is -0.372 e. The van der Waals surface area contributed by atoms with Crippen LogP contribution >= 0.6 is 0 Å². The van der Waals surface area contributed by atoms with Crippen LogP contribution < -0.4 is 0 Å². The van der Waals surface area contributed by atoms with Gasteiger partial charge in [0, 0.05) is 44.7 Å². The van der Waals surface area contributed by atoms with Gasteiger partial charge < -0.3 is 14.5 Å². The Balaban J connectivity index is 1.97. The molecule has 0 aromatic carbocycles. The summed E-state index contributed by atoms with van der Waals surface area (Å²) in [4.78, 5) is 32.3. The lowest BCUT2D eigenvalue weighted by molar-refractivity contribution is -0.135. The second-order valence-corrected chi connectivity index (χ2v) is 5.30. The molecule has 1 aromatic rings. The molecule has 0 bridgehead atoms. The molecule has 120 valence electrons. The van der Waals surface area contributed by atoms with Crippen LogP contribution in [-0.4, -0.2) is 66.0 Å². The summed E-state index contributed by atoms with van der Waals surface area (Å²) in [6.07, 6.45) is 2.46. The van der Waals surface area contributed by atoms with E-state index in [-0.39, 0.29) is 18.4 Å². The summed E-state index contributed by atoms with van der Waals surface area (Å²) >= 11 is 0. The molecule has 2 rings (SSSR count). The maximum absolute atomic E-state index is 12.6. The van der Waals surface area contributed by atoms with Crippen molar-refractivity contribution in [2.75, 3.05) is 39.4 Å². The molecule has 1 aromatic heterocycles. The zero-order valence-electron chi connectivity index (χ0n) is 13.2. The predicted molar refractivity (Wildman–Crippen MR) is 82.6 cm³/mol. The van der Waals surface area contributed by atoms with E-state index < -0.39 is 0 Å². The lowest BCUT2D eigenvalue weighted by Crippen LogP contribution is -2.39. The third kappa shape index (κ3) is 4.04. The molecule has 6 heteroatoms. The smallest absolute Gasteiger partial charge is 0.255 e. The van der Waals surface area contributed by atoms with Crippen molar-refractivity contribution in [2.24, 2.45) is 0 Å². The molecule has 2 heterocycles. The minimum absolute atomic E-state index is 0.00583. The van der Waals surface area contributed by atoms with Gasteiger partial charge in [0.15, 0.2) is 0 Å². The average molecular weight is 305 g/mol. The van der Waals surface area contributed by atoms with Gasteiger partial charge in [-0.25, -0.2) is 0 Å². The highest BCUT2D eigenvalue weighted by atomic mass is 16.5. The summed E-state index contributed by atoms with van der Waals surface area (Å²) in [7, 11) is 0. The topological polar surface area (TPSA) is 62.7 Å².